The summed E-state index contributed by atoms with van der Waals surface area (Å²) < 4.78 is 0. The Morgan fingerprint density at radius 3 is 2.58 bits per heavy atom. The number of hydrogen-bond donors (Lipinski definition) is 3. The van der Waals surface area contributed by atoms with E-state index >= 15 is 0 Å². The van der Waals surface area contributed by atoms with E-state index in [1.807, 2.05) is 31.3 Å². The number of hydrazine groups is 1. The lowest BCUT2D eigenvalue weighted by Gasteiger charge is -2.39. The number of aromatic nitrogens is 3. The van der Waals surface area contributed by atoms with Crippen LogP contribution in [0.4, 0.5) is 5.82 Å². The molecule has 1 saturated heterocycles. The van der Waals surface area contributed by atoms with E-state index in [9.17, 15) is 4.79 Å². The number of hydrogen-bond acceptors (Lipinski definition) is 6. The monoisotopic (exact) mass is 429 g/mol. The van der Waals surface area contributed by atoms with Crippen molar-refractivity contribution in [1.29, 1.82) is 0 Å². The summed E-state index contributed by atoms with van der Waals surface area (Å²) in [5.41, 5.74) is 9.78. The highest BCUT2D eigenvalue weighted by molar-refractivity contribution is 5.86. The van der Waals surface area contributed by atoms with Crippen LogP contribution in [0, 0.1) is 11.3 Å². The molecule has 4 rings (SSSR count). The zero-order chi connectivity index (χ0) is 22.3. The zero-order valence-electron chi connectivity index (χ0n) is 19.4. The third-order valence-electron chi connectivity index (χ3n) is 7.00. The first-order valence-corrected chi connectivity index (χ1v) is 11.7. The molecule has 2 aliphatic rings. The van der Waals surface area contributed by atoms with Gasteiger partial charge in [-0.15, -0.1) is 0 Å². The van der Waals surface area contributed by atoms with E-state index in [0.717, 1.165) is 61.7 Å². The number of nitrogens with zero attached hydrogens (tertiary/aromatic N) is 4. The summed E-state index contributed by atoms with van der Waals surface area (Å²) >= 11 is 0. The predicted molar refractivity (Wildman–Crippen MR) is 126 cm³/mol. The van der Waals surface area contributed by atoms with Gasteiger partial charge in [0.25, 0.3) is 0 Å². The quantitative estimate of drug-likeness (QED) is 0.652. The minimum Gasteiger partial charge on any atom is -0.369 e. The molecule has 0 aromatic carbocycles. The molecular formula is C23H39N7O. The molecule has 2 aromatic rings. The third-order valence-corrected chi connectivity index (χ3v) is 7.00. The molecule has 3 heterocycles. The number of anilines is 1. The maximum absolute atomic E-state index is 11.6. The number of nitrogens with two attached hydrogens (primary N) is 1. The molecule has 0 atom stereocenters. The molecule has 8 heteroatoms. The van der Waals surface area contributed by atoms with Crippen LogP contribution in [0.15, 0.2) is 18.6 Å². The van der Waals surface area contributed by atoms with Crippen molar-refractivity contribution in [2.24, 2.45) is 17.1 Å². The van der Waals surface area contributed by atoms with Crippen LogP contribution in [0.25, 0.3) is 11.0 Å². The van der Waals surface area contributed by atoms with E-state index in [2.05, 4.69) is 32.3 Å². The highest BCUT2D eigenvalue weighted by Crippen LogP contribution is 2.34. The summed E-state index contributed by atoms with van der Waals surface area (Å²) in [5.74, 6) is 1.69. The zero-order valence-corrected chi connectivity index (χ0v) is 19.4. The number of carbonyl (C=O) groups is 1. The van der Waals surface area contributed by atoms with Gasteiger partial charge in [-0.1, -0.05) is 26.2 Å². The maximum Gasteiger partial charge on any atom is 0.223 e. The summed E-state index contributed by atoms with van der Waals surface area (Å²) in [5, 5.41) is 3.35. The van der Waals surface area contributed by atoms with Crippen molar-refractivity contribution in [2.75, 3.05) is 38.6 Å². The summed E-state index contributed by atoms with van der Waals surface area (Å²) in [6, 6.07) is 1.98. The molecule has 0 bridgehead atoms. The number of fused-ring (bicyclic) bond motifs is 1. The van der Waals surface area contributed by atoms with Gasteiger partial charge in [-0.05, 0) is 44.1 Å². The smallest absolute Gasteiger partial charge is 0.223 e. The summed E-state index contributed by atoms with van der Waals surface area (Å²) in [4.78, 5) is 24.9. The van der Waals surface area contributed by atoms with Crippen LogP contribution in [0.2, 0.25) is 0 Å². The van der Waals surface area contributed by atoms with Crippen molar-refractivity contribution < 1.29 is 4.79 Å². The Labute approximate surface area is 186 Å². The lowest BCUT2D eigenvalue weighted by molar-refractivity contribution is -0.131. The van der Waals surface area contributed by atoms with Crippen molar-refractivity contribution in [3.63, 3.8) is 0 Å². The summed E-state index contributed by atoms with van der Waals surface area (Å²) in [7, 11) is 3.93. The number of aromatic amines is 1. The number of piperidine rings is 1. The Hall–Kier alpha value is -2.19. The standard InChI is InChI=1S/C15H29N3O.C8H10N4/c1-2-15(14(16)19)8-10-18(11-9-15)17-12-13-6-4-3-5-7-13;1-12(2)8-6-3-4-9-7(6)10-5-11-8/h13,17H,2-12H2,1H3,(H2,16,19);3-5H,1-2H3,(H,9,10,11). The van der Waals surface area contributed by atoms with Crippen LogP contribution in [0.5, 0.6) is 0 Å². The van der Waals surface area contributed by atoms with Gasteiger partial charge in [-0.3, -0.25) is 10.2 Å². The lowest BCUT2D eigenvalue weighted by Crippen LogP contribution is -2.51. The Balaban J connectivity index is 0.000000194. The van der Waals surface area contributed by atoms with Gasteiger partial charge >= 0.3 is 0 Å². The molecule has 2 fully saturated rings. The Kier molecular flexibility index (Phi) is 8.26. The van der Waals surface area contributed by atoms with Gasteiger partial charge in [0.05, 0.1) is 10.8 Å². The minimum atomic E-state index is -0.247. The Bertz CT molecular complexity index is 820. The second kappa shape index (κ2) is 10.9. The van der Waals surface area contributed by atoms with Crippen molar-refractivity contribution in [2.45, 2.75) is 58.3 Å². The largest absolute Gasteiger partial charge is 0.369 e. The molecular weight excluding hydrogens is 390 g/mol. The topological polar surface area (TPSA) is 103 Å². The molecule has 172 valence electrons. The molecule has 1 aliphatic heterocycles. The first kappa shape index (κ1) is 23.5. The van der Waals surface area contributed by atoms with Gasteiger partial charge < -0.3 is 15.6 Å². The molecule has 8 nitrogen and oxygen atoms in total. The second-order valence-corrected chi connectivity index (χ2v) is 9.18. The average molecular weight is 430 g/mol. The van der Waals surface area contributed by atoms with E-state index in [-0.39, 0.29) is 11.3 Å². The number of rotatable bonds is 6. The Morgan fingerprint density at radius 2 is 1.97 bits per heavy atom. The van der Waals surface area contributed by atoms with Gasteiger partial charge in [-0.2, -0.15) is 0 Å². The fourth-order valence-electron chi connectivity index (χ4n) is 4.73. The fraction of sp³-hybridized carbons (Fsp3) is 0.696. The minimum absolute atomic E-state index is 0.109. The van der Waals surface area contributed by atoms with Crippen molar-refractivity contribution in [1.82, 2.24) is 25.4 Å². The normalized spacial score (nSPS) is 19.6. The number of carbonyl (C=O) groups excluding carboxylic acids is 1. The molecule has 31 heavy (non-hydrogen) atoms. The van der Waals surface area contributed by atoms with Gasteiger partial charge in [0.2, 0.25) is 5.91 Å². The summed E-state index contributed by atoms with van der Waals surface area (Å²) in [6.45, 7) is 5.08. The second-order valence-electron chi connectivity index (χ2n) is 9.18. The fourth-order valence-corrected chi connectivity index (χ4v) is 4.73. The van der Waals surface area contributed by atoms with E-state index in [0.29, 0.717) is 0 Å². The lowest BCUT2D eigenvalue weighted by atomic mass is 9.76. The molecule has 0 radical (unpaired) electrons. The molecule has 4 N–H and O–H groups in total. The maximum atomic E-state index is 11.6. The SMILES string of the molecule is CCC1(C(N)=O)CCN(NCC2CCCCC2)CC1.CN(C)c1ncnc2[nH]ccc12. The van der Waals surface area contributed by atoms with Crippen LogP contribution in [-0.2, 0) is 4.79 Å². The van der Waals surface area contributed by atoms with Crippen molar-refractivity contribution >= 4 is 22.8 Å². The van der Waals surface area contributed by atoms with Gasteiger partial charge in [-0.25, -0.2) is 15.0 Å². The Morgan fingerprint density at radius 1 is 1.26 bits per heavy atom. The molecule has 1 aliphatic carbocycles. The van der Waals surface area contributed by atoms with Crippen LogP contribution < -0.4 is 16.1 Å². The third kappa shape index (κ3) is 5.95. The molecule has 0 spiro atoms. The predicted octanol–water partition coefficient (Wildman–Crippen LogP) is 3.07. The molecule has 1 amide bonds. The number of nitrogens with one attached hydrogen (secondary N) is 2. The van der Waals surface area contributed by atoms with Gasteiger partial charge in [0.1, 0.15) is 17.8 Å². The van der Waals surface area contributed by atoms with Crippen LogP contribution in [0.3, 0.4) is 0 Å². The summed E-state index contributed by atoms with van der Waals surface area (Å²) in [6.07, 6.45) is 13.1. The van der Waals surface area contributed by atoms with Crippen LogP contribution in [-0.4, -0.2) is 59.6 Å². The van der Waals surface area contributed by atoms with Crippen LogP contribution in [0.1, 0.15) is 58.3 Å². The molecule has 2 aromatic heterocycles. The van der Waals surface area contributed by atoms with E-state index in [1.165, 1.54) is 32.1 Å². The van der Waals surface area contributed by atoms with Crippen molar-refractivity contribution in [3.8, 4) is 0 Å². The first-order valence-electron chi connectivity index (χ1n) is 11.7. The first-order chi connectivity index (χ1) is 14.9. The average Bonchev–Trinajstić information content (AvgIpc) is 3.28. The highest BCUT2D eigenvalue weighted by atomic mass is 16.1. The number of H-pyrrole nitrogens is 1. The van der Waals surface area contributed by atoms with E-state index in [1.54, 1.807) is 6.33 Å². The highest BCUT2D eigenvalue weighted by Gasteiger charge is 2.38. The number of primary amides is 1. The van der Waals surface area contributed by atoms with E-state index in [4.69, 9.17) is 5.73 Å². The van der Waals surface area contributed by atoms with Crippen LogP contribution >= 0.6 is 0 Å². The number of amides is 1. The van der Waals surface area contributed by atoms with Gasteiger partial charge in [0.15, 0.2) is 0 Å². The van der Waals surface area contributed by atoms with Crippen molar-refractivity contribution in [3.05, 3.63) is 18.6 Å². The molecule has 1 saturated carbocycles. The van der Waals surface area contributed by atoms with Gasteiger partial charge in [0, 0.05) is 39.9 Å². The molecule has 0 unspecified atom stereocenters. The van der Waals surface area contributed by atoms with E-state index < -0.39 is 0 Å².